The van der Waals surface area contributed by atoms with E-state index in [4.69, 9.17) is 4.74 Å². The molecule has 5 nitrogen and oxygen atoms in total. The molecule has 106 valence electrons. The molecular formula is C14H24N4O. The summed E-state index contributed by atoms with van der Waals surface area (Å²) >= 11 is 0. The lowest BCUT2D eigenvalue weighted by Gasteiger charge is -2.26. The van der Waals surface area contributed by atoms with Gasteiger partial charge in [-0.1, -0.05) is 0 Å². The van der Waals surface area contributed by atoms with Crippen LogP contribution in [-0.4, -0.2) is 34.8 Å². The van der Waals surface area contributed by atoms with E-state index in [1.54, 1.807) is 6.33 Å². The van der Waals surface area contributed by atoms with Gasteiger partial charge in [-0.05, 0) is 41.5 Å². The highest BCUT2D eigenvalue weighted by atomic mass is 16.5. The normalized spacial score (nSPS) is 14.8. The molecule has 0 aromatic carbocycles. The van der Waals surface area contributed by atoms with Crippen LogP contribution in [0.15, 0.2) is 6.33 Å². The summed E-state index contributed by atoms with van der Waals surface area (Å²) in [7, 11) is 0. The lowest BCUT2D eigenvalue weighted by molar-refractivity contribution is 0.233. The Balaban J connectivity index is 2.47. The number of aromatic nitrogens is 2. The third-order valence-corrected chi connectivity index (χ3v) is 3.23. The molecule has 0 saturated carbocycles. The molecule has 0 unspecified atom stereocenters. The fourth-order valence-electron chi connectivity index (χ4n) is 2.26. The van der Waals surface area contributed by atoms with E-state index in [2.05, 4.69) is 47.5 Å². The van der Waals surface area contributed by atoms with Crippen LogP contribution < -0.4 is 14.5 Å². The average Bonchev–Trinajstić information content (AvgIpc) is 2.68. The summed E-state index contributed by atoms with van der Waals surface area (Å²) in [6.45, 7) is 13.6. The van der Waals surface area contributed by atoms with Crippen LogP contribution in [0.2, 0.25) is 0 Å². The summed E-state index contributed by atoms with van der Waals surface area (Å²) < 4.78 is 5.85. The molecular weight excluding hydrogens is 240 g/mol. The van der Waals surface area contributed by atoms with Gasteiger partial charge in [-0.15, -0.1) is 0 Å². The quantitative estimate of drug-likeness (QED) is 0.836. The van der Waals surface area contributed by atoms with Crippen LogP contribution in [-0.2, 0) is 0 Å². The van der Waals surface area contributed by atoms with Gasteiger partial charge in [0.1, 0.15) is 12.0 Å². The first-order valence-corrected chi connectivity index (χ1v) is 6.96. The van der Waals surface area contributed by atoms with Crippen molar-refractivity contribution in [3.63, 3.8) is 0 Å². The summed E-state index contributed by atoms with van der Waals surface area (Å²) in [5, 5.41) is 0. The van der Waals surface area contributed by atoms with Crippen LogP contribution in [0.4, 0.5) is 11.5 Å². The summed E-state index contributed by atoms with van der Waals surface area (Å²) in [6, 6.07) is 0.798. The minimum atomic E-state index is 0.112. The highest BCUT2D eigenvalue weighted by Crippen LogP contribution is 2.42. The largest absolute Gasteiger partial charge is 0.473 e. The van der Waals surface area contributed by atoms with Crippen LogP contribution in [0.1, 0.15) is 41.5 Å². The molecule has 1 aliphatic heterocycles. The summed E-state index contributed by atoms with van der Waals surface area (Å²) in [4.78, 5) is 13.4. The van der Waals surface area contributed by atoms with Crippen molar-refractivity contribution >= 4 is 11.5 Å². The van der Waals surface area contributed by atoms with Crippen molar-refractivity contribution in [1.82, 2.24) is 9.97 Å². The van der Waals surface area contributed by atoms with E-state index in [1.807, 2.05) is 13.8 Å². The van der Waals surface area contributed by atoms with E-state index in [9.17, 15) is 0 Å². The topological polar surface area (TPSA) is 41.5 Å². The Hall–Kier alpha value is -1.52. The second kappa shape index (κ2) is 5.23. The number of anilines is 2. The summed E-state index contributed by atoms with van der Waals surface area (Å²) in [6.07, 6.45) is 1.71. The fraction of sp³-hybridized carbons (Fsp3) is 0.714. The minimum absolute atomic E-state index is 0.112. The predicted molar refractivity (Wildman–Crippen MR) is 77.9 cm³/mol. The number of hydrogen-bond donors (Lipinski definition) is 0. The Morgan fingerprint density at radius 3 is 2.16 bits per heavy atom. The molecule has 0 spiro atoms. The van der Waals surface area contributed by atoms with Gasteiger partial charge in [0.15, 0.2) is 5.82 Å². The van der Waals surface area contributed by atoms with Gasteiger partial charge in [0.05, 0.1) is 12.8 Å². The lowest BCUT2D eigenvalue weighted by atomic mass is 10.3. The van der Waals surface area contributed by atoms with E-state index >= 15 is 0 Å². The SMILES string of the molecule is CC(C)Oc1ncnc2c1N(C(C)C)CN2C(C)C. The van der Waals surface area contributed by atoms with Crippen molar-refractivity contribution in [2.75, 3.05) is 16.5 Å². The highest BCUT2D eigenvalue weighted by molar-refractivity contribution is 5.77. The maximum atomic E-state index is 5.85. The number of ether oxygens (including phenoxy) is 1. The minimum Gasteiger partial charge on any atom is -0.473 e. The van der Waals surface area contributed by atoms with Gasteiger partial charge in [0, 0.05) is 12.1 Å². The van der Waals surface area contributed by atoms with Gasteiger partial charge < -0.3 is 14.5 Å². The molecule has 0 radical (unpaired) electrons. The molecule has 0 N–H and O–H groups in total. The first-order valence-electron chi connectivity index (χ1n) is 6.96. The Morgan fingerprint density at radius 1 is 1.00 bits per heavy atom. The Bertz CT molecular complexity index is 445. The molecule has 1 aromatic heterocycles. The standard InChI is InChI=1S/C14H24N4O/c1-9(2)17-8-18(10(3)4)13-12(17)14(16-7-15-13)19-11(5)6/h7,9-11H,8H2,1-6H3. The van der Waals surface area contributed by atoms with Gasteiger partial charge in [-0.2, -0.15) is 4.98 Å². The molecule has 1 aliphatic rings. The Labute approximate surface area is 115 Å². The van der Waals surface area contributed by atoms with Crippen molar-refractivity contribution in [3.05, 3.63) is 6.33 Å². The maximum absolute atomic E-state index is 5.85. The van der Waals surface area contributed by atoms with Crippen LogP contribution in [0, 0.1) is 0 Å². The number of hydrogen-bond acceptors (Lipinski definition) is 5. The molecule has 0 amide bonds. The van der Waals surface area contributed by atoms with E-state index in [0.717, 1.165) is 18.2 Å². The molecule has 1 aromatic rings. The summed E-state index contributed by atoms with van der Waals surface area (Å²) in [5.41, 5.74) is 1.03. The van der Waals surface area contributed by atoms with Crippen LogP contribution >= 0.6 is 0 Å². The molecule has 2 heterocycles. The summed E-state index contributed by atoms with van der Waals surface area (Å²) in [5.74, 6) is 1.67. The number of fused-ring (bicyclic) bond motifs is 1. The third-order valence-electron chi connectivity index (χ3n) is 3.23. The van der Waals surface area contributed by atoms with Crippen molar-refractivity contribution in [2.24, 2.45) is 0 Å². The zero-order valence-electron chi connectivity index (χ0n) is 12.7. The van der Waals surface area contributed by atoms with Crippen molar-refractivity contribution < 1.29 is 4.74 Å². The lowest BCUT2D eigenvalue weighted by Crippen LogP contribution is -2.38. The predicted octanol–water partition coefficient (Wildman–Crippen LogP) is 2.66. The van der Waals surface area contributed by atoms with Gasteiger partial charge in [0.25, 0.3) is 0 Å². The number of rotatable bonds is 4. The monoisotopic (exact) mass is 264 g/mol. The first-order chi connectivity index (χ1) is 8.91. The van der Waals surface area contributed by atoms with Crippen molar-refractivity contribution in [1.29, 1.82) is 0 Å². The Kier molecular flexibility index (Phi) is 3.83. The molecule has 0 atom stereocenters. The van der Waals surface area contributed by atoms with Crippen molar-refractivity contribution in [2.45, 2.75) is 59.7 Å². The van der Waals surface area contributed by atoms with E-state index < -0.39 is 0 Å². The van der Waals surface area contributed by atoms with Crippen LogP contribution in [0.3, 0.4) is 0 Å². The zero-order valence-corrected chi connectivity index (χ0v) is 12.7. The average molecular weight is 264 g/mol. The molecule has 5 heteroatoms. The smallest absolute Gasteiger partial charge is 0.243 e. The molecule has 0 aliphatic carbocycles. The second-order valence-corrected chi connectivity index (χ2v) is 5.79. The van der Waals surface area contributed by atoms with Crippen molar-refractivity contribution in [3.8, 4) is 5.88 Å². The van der Waals surface area contributed by atoms with Gasteiger partial charge in [-0.25, -0.2) is 4.98 Å². The van der Waals surface area contributed by atoms with Gasteiger partial charge in [-0.3, -0.25) is 0 Å². The van der Waals surface area contributed by atoms with Gasteiger partial charge >= 0.3 is 0 Å². The third kappa shape index (κ3) is 2.60. The molecule has 19 heavy (non-hydrogen) atoms. The maximum Gasteiger partial charge on any atom is 0.243 e. The Morgan fingerprint density at radius 2 is 1.63 bits per heavy atom. The zero-order chi connectivity index (χ0) is 14.2. The fourth-order valence-corrected chi connectivity index (χ4v) is 2.26. The van der Waals surface area contributed by atoms with E-state index in [0.29, 0.717) is 18.0 Å². The van der Waals surface area contributed by atoms with Crippen LogP contribution in [0.5, 0.6) is 5.88 Å². The molecule has 0 fully saturated rings. The second-order valence-electron chi connectivity index (χ2n) is 5.79. The number of nitrogens with zero attached hydrogens (tertiary/aromatic N) is 4. The first kappa shape index (κ1) is 13.9. The van der Waals surface area contributed by atoms with E-state index in [-0.39, 0.29) is 6.10 Å². The molecule has 0 bridgehead atoms. The van der Waals surface area contributed by atoms with Crippen LogP contribution in [0.25, 0.3) is 0 Å². The van der Waals surface area contributed by atoms with Gasteiger partial charge in [0.2, 0.25) is 5.88 Å². The highest BCUT2D eigenvalue weighted by Gasteiger charge is 2.34. The van der Waals surface area contributed by atoms with E-state index in [1.165, 1.54) is 0 Å². The molecule has 0 saturated heterocycles. The molecule has 2 rings (SSSR count).